The Kier molecular flexibility index (Phi) is 3.88. The predicted octanol–water partition coefficient (Wildman–Crippen LogP) is 3.16. The van der Waals surface area contributed by atoms with Gasteiger partial charge in [0.15, 0.2) is 0 Å². The fourth-order valence-electron chi connectivity index (χ4n) is 1.07. The van der Waals surface area contributed by atoms with Crippen molar-refractivity contribution >= 4 is 11.6 Å². The molecule has 0 fully saturated rings. The fourth-order valence-corrected chi connectivity index (χ4v) is 1.07. The lowest BCUT2D eigenvalue weighted by Crippen LogP contribution is -2.57. The molecule has 0 aliphatic rings. The van der Waals surface area contributed by atoms with Gasteiger partial charge in [0, 0.05) is 5.69 Å². The van der Waals surface area contributed by atoms with Gasteiger partial charge in [-0.3, -0.25) is 4.79 Å². The third-order valence-corrected chi connectivity index (χ3v) is 2.16. The normalized spacial score (nSPS) is 13.2. The number of hydrogen-bond acceptors (Lipinski definition) is 2. The van der Waals surface area contributed by atoms with E-state index in [1.165, 1.54) is 5.32 Å². The van der Waals surface area contributed by atoms with Gasteiger partial charge in [0.2, 0.25) is 0 Å². The number of phenolic OH excluding ortho intramolecular Hbond substituents is 1. The number of alkyl halides is 7. The predicted molar refractivity (Wildman–Crippen MR) is 52.7 cm³/mol. The summed E-state index contributed by atoms with van der Waals surface area (Å²) in [5, 5.41) is 10.1. The van der Waals surface area contributed by atoms with E-state index in [4.69, 9.17) is 5.11 Å². The summed E-state index contributed by atoms with van der Waals surface area (Å²) in [4.78, 5) is 10.9. The molecule has 20 heavy (non-hydrogen) atoms. The number of hydrogen-bond donors (Lipinski definition) is 2. The smallest absolute Gasteiger partial charge is 0.460 e. The van der Waals surface area contributed by atoms with E-state index in [2.05, 4.69) is 0 Å². The highest BCUT2D eigenvalue weighted by molar-refractivity contribution is 5.97. The number of aromatic hydroxyl groups is 1. The second kappa shape index (κ2) is 4.84. The first kappa shape index (κ1) is 16.1. The van der Waals surface area contributed by atoms with Crippen LogP contribution >= 0.6 is 0 Å². The summed E-state index contributed by atoms with van der Waals surface area (Å²) in [5.41, 5.74) is -0.481. The molecule has 1 aromatic rings. The second-order valence-corrected chi connectivity index (χ2v) is 3.65. The van der Waals surface area contributed by atoms with Gasteiger partial charge in [0.1, 0.15) is 5.75 Å². The molecule has 0 saturated heterocycles. The van der Waals surface area contributed by atoms with E-state index in [0.717, 1.165) is 24.3 Å². The van der Waals surface area contributed by atoms with Crippen molar-refractivity contribution in [1.82, 2.24) is 0 Å². The maximum Gasteiger partial charge on any atom is 0.460 e. The zero-order chi connectivity index (χ0) is 15.8. The quantitative estimate of drug-likeness (QED) is 0.666. The van der Waals surface area contributed by atoms with E-state index in [-0.39, 0.29) is 5.75 Å². The number of rotatable bonds is 3. The monoisotopic (exact) mass is 305 g/mol. The summed E-state index contributed by atoms with van der Waals surface area (Å²) in [7, 11) is 0. The van der Waals surface area contributed by atoms with Gasteiger partial charge < -0.3 is 10.4 Å². The number of benzene rings is 1. The first-order valence-corrected chi connectivity index (χ1v) is 4.82. The molecule has 1 amide bonds. The lowest BCUT2D eigenvalue weighted by Gasteiger charge is -2.27. The molecule has 0 bridgehead atoms. The van der Waals surface area contributed by atoms with Crippen LogP contribution in [0.15, 0.2) is 24.3 Å². The number of anilines is 1. The summed E-state index contributed by atoms with van der Waals surface area (Å²) in [6, 6.07) is 3.51. The molecule has 3 nitrogen and oxygen atoms in total. The minimum absolute atomic E-state index is 0.324. The van der Waals surface area contributed by atoms with Gasteiger partial charge in [-0.25, -0.2) is 0 Å². The second-order valence-electron chi connectivity index (χ2n) is 3.65. The molecule has 0 aliphatic carbocycles. The molecule has 0 heterocycles. The topological polar surface area (TPSA) is 49.3 Å². The Hall–Kier alpha value is -2.00. The molecule has 1 aromatic carbocycles. The summed E-state index contributed by atoms with van der Waals surface area (Å²) < 4.78 is 86.5. The minimum Gasteiger partial charge on any atom is -0.508 e. The highest BCUT2D eigenvalue weighted by atomic mass is 19.4. The molecule has 0 spiro atoms. The Morgan fingerprint density at radius 2 is 1.40 bits per heavy atom. The van der Waals surface area contributed by atoms with Crippen molar-refractivity contribution in [2.45, 2.75) is 18.0 Å². The third kappa shape index (κ3) is 2.78. The largest absolute Gasteiger partial charge is 0.508 e. The summed E-state index contributed by atoms with van der Waals surface area (Å²) in [6.07, 6.45) is -6.58. The van der Waals surface area contributed by atoms with Crippen molar-refractivity contribution in [2.75, 3.05) is 5.32 Å². The Labute approximate surface area is 107 Å². The fraction of sp³-hybridized carbons (Fsp3) is 0.300. The van der Waals surface area contributed by atoms with Gasteiger partial charge in [-0.05, 0) is 24.3 Å². The molecule has 0 saturated carbocycles. The summed E-state index contributed by atoms with van der Waals surface area (Å²) in [6.45, 7) is 0. The first-order valence-electron chi connectivity index (χ1n) is 4.82. The Balaban J connectivity index is 2.98. The van der Waals surface area contributed by atoms with E-state index >= 15 is 0 Å². The van der Waals surface area contributed by atoms with Crippen LogP contribution in [0.2, 0.25) is 0 Å². The number of phenols is 1. The van der Waals surface area contributed by atoms with Crippen molar-refractivity contribution in [3.63, 3.8) is 0 Å². The van der Waals surface area contributed by atoms with Crippen LogP contribution in [-0.2, 0) is 4.79 Å². The van der Waals surface area contributed by atoms with E-state index in [1.807, 2.05) is 0 Å². The van der Waals surface area contributed by atoms with Crippen molar-refractivity contribution in [3.05, 3.63) is 24.3 Å². The van der Waals surface area contributed by atoms with Gasteiger partial charge in [-0.1, -0.05) is 0 Å². The van der Waals surface area contributed by atoms with Crippen LogP contribution in [0.1, 0.15) is 0 Å². The molecule has 0 radical (unpaired) electrons. The third-order valence-electron chi connectivity index (χ3n) is 2.16. The van der Waals surface area contributed by atoms with Gasteiger partial charge in [0.25, 0.3) is 0 Å². The minimum atomic E-state index is -6.58. The number of carbonyl (C=O) groups excluding carboxylic acids is 1. The number of amides is 1. The van der Waals surface area contributed by atoms with E-state index in [1.54, 1.807) is 0 Å². The Morgan fingerprint density at radius 1 is 0.950 bits per heavy atom. The van der Waals surface area contributed by atoms with E-state index < -0.39 is 29.6 Å². The van der Waals surface area contributed by atoms with E-state index in [9.17, 15) is 35.5 Å². The van der Waals surface area contributed by atoms with Crippen molar-refractivity contribution in [3.8, 4) is 5.75 Å². The molecule has 2 N–H and O–H groups in total. The van der Waals surface area contributed by atoms with Crippen LogP contribution in [0, 0.1) is 0 Å². The van der Waals surface area contributed by atoms with Crippen LogP contribution in [0.5, 0.6) is 5.75 Å². The van der Waals surface area contributed by atoms with Crippen LogP contribution in [0.4, 0.5) is 36.4 Å². The number of nitrogens with one attached hydrogen (secondary N) is 1. The van der Waals surface area contributed by atoms with Crippen molar-refractivity contribution in [2.24, 2.45) is 0 Å². The molecule has 0 unspecified atom stereocenters. The lowest BCUT2D eigenvalue weighted by atomic mass is 10.1. The SMILES string of the molecule is O=C(Nc1ccc(O)cc1)C(F)(F)C(F)(F)C(F)(F)F. The van der Waals surface area contributed by atoms with Gasteiger partial charge in [0.05, 0.1) is 0 Å². The molecule has 0 atom stereocenters. The van der Waals surface area contributed by atoms with Gasteiger partial charge in [-0.2, -0.15) is 30.7 Å². The standard InChI is InChI=1S/C10H6F7NO2/c11-8(12,9(13,14)10(15,16)17)7(20)18-5-1-3-6(19)4-2-5/h1-4,19H,(H,18,20). The van der Waals surface area contributed by atoms with Crippen molar-refractivity contribution < 1.29 is 40.6 Å². The number of carbonyl (C=O) groups is 1. The highest BCUT2D eigenvalue weighted by Gasteiger charge is 2.76. The molecular weight excluding hydrogens is 299 g/mol. The zero-order valence-electron chi connectivity index (χ0n) is 9.31. The van der Waals surface area contributed by atoms with Crippen LogP contribution in [0.25, 0.3) is 0 Å². The van der Waals surface area contributed by atoms with Gasteiger partial charge in [-0.15, -0.1) is 0 Å². The van der Waals surface area contributed by atoms with Crippen LogP contribution < -0.4 is 5.32 Å². The van der Waals surface area contributed by atoms with E-state index in [0.29, 0.717) is 0 Å². The average molecular weight is 305 g/mol. The summed E-state index contributed by atoms with van der Waals surface area (Å²) >= 11 is 0. The molecule has 0 aromatic heterocycles. The highest BCUT2D eigenvalue weighted by Crippen LogP contribution is 2.46. The molecular formula is C10H6F7NO2. The molecule has 1 rings (SSSR count). The first-order chi connectivity index (χ1) is 8.89. The Bertz CT molecular complexity index is 495. The van der Waals surface area contributed by atoms with Crippen LogP contribution in [-0.4, -0.2) is 29.0 Å². The van der Waals surface area contributed by atoms with Crippen LogP contribution in [0.3, 0.4) is 0 Å². The lowest BCUT2D eigenvalue weighted by molar-refractivity contribution is -0.343. The Morgan fingerprint density at radius 3 is 1.80 bits per heavy atom. The average Bonchev–Trinajstić information content (AvgIpc) is 2.30. The maximum absolute atomic E-state index is 12.9. The molecule has 0 aliphatic heterocycles. The van der Waals surface area contributed by atoms with Crippen molar-refractivity contribution in [1.29, 1.82) is 0 Å². The van der Waals surface area contributed by atoms with Gasteiger partial charge >= 0.3 is 23.9 Å². The summed E-state index contributed by atoms with van der Waals surface area (Å²) in [5.74, 6) is -15.6. The number of halogens is 7. The zero-order valence-corrected chi connectivity index (χ0v) is 9.31. The molecule has 112 valence electrons. The molecule has 10 heteroatoms. The maximum atomic E-state index is 12.9.